The maximum atomic E-state index is 6.87. The summed E-state index contributed by atoms with van der Waals surface area (Å²) in [6, 6.07) is 61.0. The Morgan fingerprint density at radius 2 is 0.731 bits per heavy atom. The highest BCUT2D eigenvalue weighted by Crippen LogP contribution is 2.43. The molecule has 8 aromatic carbocycles. The van der Waals surface area contributed by atoms with Crippen LogP contribution < -0.4 is 52.1 Å². The van der Waals surface area contributed by atoms with Crippen LogP contribution in [0.4, 0.5) is 34.1 Å². The van der Waals surface area contributed by atoms with Gasteiger partial charge >= 0.3 is 0 Å². The molecule has 0 amide bonds. The SMILES string of the molecule is c1ccc(N2c3ccccc3B3c4cc5cc6c(cc5cc4Oc4cccc2c43)B2c3ccccc3N(c3ccccc3)c3cccc(c32)O6)cc1. The van der Waals surface area contributed by atoms with Crippen LogP contribution in [0.25, 0.3) is 10.8 Å². The molecule has 12 rings (SSSR count). The molecule has 52 heavy (non-hydrogen) atoms. The third-order valence-corrected chi connectivity index (χ3v) is 11.3. The lowest BCUT2D eigenvalue weighted by atomic mass is 9.33. The van der Waals surface area contributed by atoms with Crippen LogP contribution in [0.2, 0.25) is 0 Å². The predicted octanol–water partition coefficient (Wildman–Crippen LogP) is 7.65. The van der Waals surface area contributed by atoms with Gasteiger partial charge in [-0.2, -0.15) is 0 Å². The number of hydrogen-bond donors (Lipinski definition) is 0. The standard InChI is InChI=1S/C46H28B2N2O2/c1-3-13-31(14-4-1)49-37-19-9-7-17-33(37)47-35-25-29-28-44-36(26-30(29)27-43(35)51-41-23-11-21-39(49)45(41)47)48-34-18-8-10-20-38(34)50(32-15-5-2-6-16-32)40-22-12-24-42(52-44)46(40)48/h1-28H. The second-order valence-electron chi connectivity index (χ2n) is 14.0. The largest absolute Gasteiger partial charge is 0.458 e. The zero-order valence-electron chi connectivity index (χ0n) is 28.0. The first-order chi connectivity index (χ1) is 25.8. The van der Waals surface area contributed by atoms with Gasteiger partial charge in [-0.1, -0.05) is 97.1 Å². The van der Waals surface area contributed by atoms with E-state index in [4.69, 9.17) is 9.47 Å². The lowest BCUT2D eigenvalue weighted by Gasteiger charge is -2.40. The van der Waals surface area contributed by atoms with Gasteiger partial charge in [-0.05, 0) is 116 Å². The van der Waals surface area contributed by atoms with Gasteiger partial charge in [0.05, 0.1) is 0 Å². The normalized spacial score (nSPS) is 13.9. The van der Waals surface area contributed by atoms with E-state index in [-0.39, 0.29) is 13.4 Å². The van der Waals surface area contributed by atoms with E-state index < -0.39 is 0 Å². The van der Waals surface area contributed by atoms with Gasteiger partial charge in [0.15, 0.2) is 0 Å². The molecule has 0 radical (unpaired) electrons. The maximum Gasteiger partial charge on any atom is 0.256 e. The summed E-state index contributed by atoms with van der Waals surface area (Å²) in [5, 5.41) is 2.28. The van der Waals surface area contributed by atoms with E-state index in [0.717, 1.165) is 56.5 Å². The van der Waals surface area contributed by atoms with Crippen LogP contribution in [0.5, 0.6) is 23.0 Å². The Labute approximate surface area is 302 Å². The van der Waals surface area contributed by atoms with Gasteiger partial charge < -0.3 is 19.3 Å². The van der Waals surface area contributed by atoms with Crippen molar-refractivity contribution < 1.29 is 9.47 Å². The molecule has 6 heteroatoms. The molecule has 4 heterocycles. The number of para-hydroxylation sites is 4. The van der Waals surface area contributed by atoms with E-state index in [1.165, 1.54) is 44.2 Å². The minimum Gasteiger partial charge on any atom is -0.458 e. The van der Waals surface area contributed by atoms with Crippen LogP contribution in [0.3, 0.4) is 0 Å². The van der Waals surface area contributed by atoms with Gasteiger partial charge in [0, 0.05) is 34.1 Å². The van der Waals surface area contributed by atoms with Gasteiger partial charge in [0.2, 0.25) is 0 Å². The maximum absolute atomic E-state index is 6.87. The number of fused-ring (bicyclic) bond motifs is 9. The highest BCUT2D eigenvalue weighted by atomic mass is 16.5. The van der Waals surface area contributed by atoms with Crippen LogP contribution >= 0.6 is 0 Å². The topological polar surface area (TPSA) is 24.9 Å². The van der Waals surface area contributed by atoms with Crippen molar-refractivity contribution in [1.82, 2.24) is 0 Å². The molecule has 0 aliphatic carbocycles. The molecule has 0 unspecified atom stereocenters. The summed E-state index contributed by atoms with van der Waals surface area (Å²) < 4.78 is 13.7. The van der Waals surface area contributed by atoms with Crippen molar-refractivity contribution >= 4 is 91.1 Å². The van der Waals surface area contributed by atoms with Crippen LogP contribution in [0.15, 0.2) is 170 Å². The molecule has 0 bridgehead atoms. The molecule has 8 aromatic rings. The van der Waals surface area contributed by atoms with E-state index in [0.29, 0.717) is 0 Å². The zero-order chi connectivity index (χ0) is 33.9. The average molecular weight is 662 g/mol. The fourth-order valence-electron chi connectivity index (χ4n) is 9.22. The Hall–Kier alpha value is -6.65. The summed E-state index contributed by atoms with van der Waals surface area (Å²) in [4.78, 5) is 4.74. The Kier molecular flexibility index (Phi) is 5.64. The number of nitrogens with zero attached hydrogens (tertiary/aromatic N) is 2. The third kappa shape index (κ3) is 3.78. The molecule has 0 saturated heterocycles. The van der Waals surface area contributed by atoms with Gasteiger partial charge in [-0.25, -0.2) is 0 Å². The minimum atomic E-state index is 0.0324. The number of ether oxygens (including phenoxy) is 2. The molecule has 4 aliphatic rings. The monoisotopic (exact) mass is 662 g/mol. The molecule has 0 atom stereocenters. The smallest absolute Gasteiger partial charge is 0.256 e. The first-order valence-electron chi connectivity index (χ1n) is 17.9. The Balaban J connectivity index is 1.05. The summed E-state index contributed by atoms with van der Waals surface area (Å²) >= 11 is 0. The van der Waals surface area contributed by atoms with Crippen molar-refractivity contribution in [1.29, 1.82) is 0 Å². The Morgan fingerprint density at radius 3 is 1.19 bits per heavy atom. The van der Waals surface area contributed by atoms with E-state index in [9.17, 15) is 0 Å². The van der Waals surface area contributed by atoms with Crippen LogP contribution in [0, 0.1) is 0 Å². The molecular formula is C46H28B2N2O2. The summed E-state index contributed by atoms with van der Waals surface area (Å²) in [6.45, 7) is 0.0647. The fraction of sp³-hybridized carbons (Fsp3) is 0. The molecule has 0 aromatic heterocycles. The van der Waals surface area contributed by atoms with E-state index in [2.05, 4.69) is 180 Å². The molecule has 0 saturated carbocycles. The van der Waals surface area contributed by atoms with Gasteiger partial charge in [0.1, 0.15) is 23.0 Å². The quantitative estimate of drug-likeness (QED) is 0.178. The van der Waals surface area contributed by atoms with Gasteiger partial charge in [0.25, 0.3) is 13.4 Å². The predicted molar refractivity (Wildman–Crippen MR) is 216 cm³/mol. The van der Waals surface area contributed by atoms with Crippen LogP contribution in [-0.2, 0) is 0 Å². The Morgan fingerprint density at radius 1 is 0.327 bits per heavy atom. The molecule has 240 valence electrons. The second-order valence-corrected chi connectivity index (χ2v) is 14.0. The minimum absolute atomic E-state index is 0.0324. The second kappa shape index (κ2) is 10.4. The van der Waals surface area contributed by atoms with E-state index in [1.807, 2.05) is 0 Å². The number of benzene rings is 8. The summed E-state index contributed by atoms with van der Waals surface area (Å²) in [5.74, 6) is 3.63. The van der Waals surface area contributed by atoms with Crippen molar-refractivity contribution in [2.24, 2.45) is 0 Å². The fourth-order valence-corrected chi connectivity index (χ4v) is 9.22. The molecule has 4 aliphatic heterocycles. The van der Waals surface area contributed by atoms with Crippen molar-refractivity contribution in [3.8, 4) is 23.0 Å². The summed E-state index contributed by atoms with van der Waals surface area (Å²) in [5.41, 5.74) is 14.3. The van der Waals surface area contributed by atoms with Crippen LogP contribution in [0.1, 0.15) is 0 Å². The first-order valence-corrected chi connectivity index (χ1v) is 17.9. The molecular weight excluding hydrogens is 634 g/mol. The lowest BCUT2D eigenvalue weighted by molar-refractivity contribution is 0.486. The highest BCUT2D eigenvalue weighted by Gasteiger charge is 2.44. The average Bonchev–Trinajstić information content (AvgIpc) is 3.20. The number of anilines is 6. The number of hydrogen-bond acceptors (Lipinski definition) is 4. The van der Waals surface area contributed by atoms with E-state index in [1.54, 1.807) is 0 Å². The molecule has 0 spiro atoms. The lowest BCUT2D eigenvalue weighted by Crippen LogP contribution is -2.59. The van der Waals surface area contributed by atoms with Gasteiger partial charge in [-0.3, -0.25) is 0 Å². The molecule has 0 N–H and O–H groups in total. The van der Waals surface area contributed by atoms with Crippen molar-refractivity contribution in [3.63, 3.8) is 0 Å². The third-order valence-electron chi connectivity index (χ3n) is 11.3. The number of rotatable bonds is 2. The highest BCUT2D eigenvalue weighted by molar-refractivity contribution is 7.00. The van der Waals surface area contributed by atoms with Crippen molar-refractivity contribution in [2.75, 3.05) is 9.80 Å². The zero-order valence-corrected chi connectivity index (χ0v) is 28.0. The summed E-state index contributed by atoms with van der Waals surface area (Å²) in [7, 11) is 0. The summed E-state index contributed by atoms with van der Waals surface area (Å²) in [6.07, 6.45) is 0. The van der Waals surface area contributed by atoms with Gasteiger partial charge in [-0.15, -0.1) is 0 Å². The first kappa shape index (κ1) is 28.1. The molecule has 4 nitrogen and oxygen atoms in total. The van der Waals surface area contributed by atoms with Crippen molar-refractivity contribution in [2.45, 2.75) is 0 Å². The molecule has 0 fully saturated rings. The van der Waals surface area contributed by atoms with E-state index >= 15 is 0 Å². The van der Waals surface area contributed by atoms with Crippen LogP contribution in [-0.4, -0.2) is 13.4 Å². The Bertz CT molecular complexity index is 2600. The van der Waals surface area contributed by atoms with Crippen molar-refractivity contribution in [3.05, 3.63) is 170 Å².